The van der Waals surface area contributed by atoms with E-state index in [1.807, 2.05) is 20.2 Å². The molecule has 0 unspecified atom stereocenters. The Kier molecular flexibility index (Phi) is 6.37. The monoisotopic (exact) mass is 557 g/mol. The number of carbonyl (C=O) groups excluding carboxylic acids is 1. The second-order valence-electron chi connectivity index (χ2n) is 10.6. The lowest BCUT2D eigenvalue weighted by atomic mass is 9.61. The van der Waals surface area contributed by atoms with Gasteiger partial charge in [0.05, 0.1) is 33.1 Å². The molecular formula is C30H28FN5O3S. The molecule has 4 aromatic rings. The molecule has 0 saturated heterocycles. The summed E-state index contributed by atoms with van der Waals surface area (Å²) < 4.78 is 43.0. The Morgan fingerprint density at radius 2 is 1.85 bits per heavy atom. The van der Waals surface area contributed by atoms with E-state index in [-0.39, 0.29) is 22.9 Å². The lowest BCUT2D eigenvalue weighted by Crippen LogP contribution is -2.45. The van der Waals surface area contributed by atoms with Crippen molar-refractivity contribution in [1.82, 2.24) is 19.7 Å². The van der Waals surface area contributed by atoms with E-state index in [2.05, 4.69) is 15.1 Å². The summed E-state index contributed by atoms with van der Waals surface area (Å²) in [6, 6.07) is 14.5. The van der Waals surface area contributed by atoms with Crippen molar-refractivity contribution in [2.75, 3.05) is 19.0 Å². The van der Waals surface area contributed by atoms with Crippen molar-refractivity contribution in [3.8, 4) is 5.69 Å². The van der Waals surface area contributed by atoms with Crippen LogP contribution in [0.3, 0.4) is 0 Å². The van der Waals surface area contributed by atoms with Crippen LogP contribution in [0.1, 0.15) is 41.0 Å². The van der Waals surface area contributed by atoms with Gasteiger partial charge >= 0.3 is 0 Å². The van der Waals surface area contributed by atoms with Gasteiger partial charge in [-0.25, -0.2) is 22.5 Å². The fraction of sp³-hybridized carbons (Fsp3) is 0.267. The molecule has 2 aliphatic rings. The molecule has 3 heterocycles. The minimum Gasteiger partial charge on any atom is -0.363 e. The number of nitrogens with zero attached hydrogens (tertiary/aromatic N) is 5. The van der Waals surface area contributed by atoms with E-state index in [1.54, 1.807) is 64.4 Å². The van der Waals surface area contributed by atoms with Crippen LogP contribution in [0.2, 0.25) is 0 Å². The zero-order valence-corrected chi connectivity index (χ0v) is 23.0. The molecule has 0 N–H and O–H groups in total. The van der Waals surface area contributed by atoms with Gasteiger partial charge in [0, 0.05) is 26.5 Å². The summed E-state index contributed by atoms with van der Waals surface area (Å²) in [7, 11) is -0.0827. The summed E-state index contributed by atoms with van der Waals surface area (Å²) in [5.41, 5.74) is 2.44. The third-order valence-corrected chi connectivity index (χ3v) is 10.1. The van der Waals surface area contributed by atoms with Gasteiger partial charge in [-0.3, -0.25) is 9.78 Å². The first-order valence-electron chi connectivity index (χ1n) is 13.1. The fourth-order valence-corrected chi connectivity index (χ4v) is 7.63. The first kappa shape index (κ1) is 26.1. The predicted molar refractivity (Wildman–Crippen MR) is 150 cm³/mol. The maximum absolute atomic E-state index is 14.2. The highest BCUT2D eigenvalue weighted by atomic mass is 32.2. The first-order chi connectivity index (χ1) is 19.2. The third kappa shape index (κ3) is 4.32. The summed E-state index contributed by atoms with van der Waals surface area (Å²) in [6.07, 6.45) is 7.88. The van der Waals surface area contributed by atoms with E-state index in [1.165, 1.54) is 18.3 Å². The van der Waals surface area contributed by atoms with E-state index in [0.717, 1.165) is 16.8 Å². The van der Waals surface area contributed by atoms with Gasteiger partial charge in [0.25, 0.3) is 0 Å². The zero-order chi connectivity index (χ0) is 28.1. The number of rotatable bonds is 6. The van der Waals surface area contributed by atoms with Gasteiger partial charge in [0.1, 0.15) is 17.3 Å². The highest BCUT2D eigenvalue weighted by molar-refractivity contribution is 7.92. The standard InChI is InChI=1S/C30H28FN5O3S/c1-35(2)28-13-12-25(19-33-28)40(38,39)24-11-6-21-15-27-20(18-34-36(27)23-9-7-22(31)8-10-23)16-30(21,17-24)29(37)26-5-3-4-14-32-26/h3-5,7-10,12-15,18-19,24H,6,11,16-17H2,1-2H3/t24-,30-/m1/s1. The summed E-state index contributed by atoms with van der Waals surface area (Å²) in [6.45, 7) is 0. The van der Waals surface area contributed by atoms with E-state index in [0.29, 0.717) is 36.5 Å². The Balaban J connectivity index is 1.42. The van der Waals surface area contributed by atoms with Crippen LogP contribution in [-0.4, -0.2) is 53.3 Å². The number of halogens is 1. The summed E-state index contributed by atoms with van der Waals surface area (Å²) >= 11 is 0. The van der Waals surface area contributed by atoms with E-state index in [9.17, 15) is 17.6 Å². The third-order valence-electron chi connectivity index (χ3n) is 7.97. The molecule has 40 heavy (non-hydrogen) atoms. The van der Waals surface area contributed by atoms with Crippen molar-refractivity contribution in [1.29, 1.82) is 0 Å². The number of sulfone groups is 1. The molecule has 1 fully saturated rings. The number of hydrogen-bond acceptors (Lipinski definition) is 7. The molecule has 0 aliphatic heterocycles. The van der Waals surface area contributed by atoms with Crippen molar-refractivity contribution in [2.24, 2.45) is 5.41 Å². The van der Waals surface area contributed by atoms with Crippen molar-refractivity contribution in [3.63, 3.8) is 0 Å². The van der Waals surface area contributed by atoms with Crippen molar-refractivity contribution in [2.45, 2.75) is 35.8 Å². The maximum Gasteiger partial charge on any atom is 0.191 e. The number of pyridine rings is 2. The topological polar surface area (TPSA) is 98.1 Å². The molecule has 0 radical (unpaired) electrons. The Hall–Kier alpha value is -4.18. The Labute approximate surface area is 232 Å². The molecule has 1 aromatic carbocycles. The second kappa shape index (κ2) is 9.78. The van der Waals surface area contributed by atoms with Crippen molar-refractivity contribution >= 4 is 27.5 Å². The predicted octanol–water partition coefficient (Wildman–Crippen LogP) is 4.70. The number of carbonyl (C=O) groups is 1. The van der Waals surface area contributed by atoms with Crippen LogP contribution in [0, 0.1) is 11.2 Å². The molecule has 10 heteroatoms. The van der Waals surface area contributed by atoms with E-state index >= 15 is 0 Å². The average Bonchev–Trinajstić information content (AvgIpc) is 3.38. The molecule has 2 aliphatic carbocycles. The molecule has 0 amide bonds. The SMILES string of the molecule is CN(C)c1ccc(S(=O)(=O)[C@@H]2CCC3=Cc4c(cnn4-c4ccc(F)cc4)C[C@@]3(C(=O)c3ccccn3)C2)cn1. The van der Waals surface area contributed by atoms with E-state index in [4.69, 9.17) is 0 Å². The average molecular weight is 558 g/mol. The lowest BCUT2D eigenvalue weighted by molar-refractivity contribution is 0.0796. The molecule has 3 aromatic heterocycles. The number of ketones is 1. The smallest absolute Gasteiger partial charge is 0.191 e. The number of anilines is 1. The zero-order valence-electron chi connectivity index (χ0n) is 22.2. The number of benzene rings is 1. The molecule has 8 nitrogen and oxygen atoms in total. The van der Waals surface area contributed by atoms with Crippen LogP contribution in [0.5, 0.6) is 0 Å². The largest absolute Gasteiger partial charge is 0.363 e. The number of fused-ring (bicyclic) bond motifs is 2. The van der Waals surface area contributed by atoms with E-state index < -0.39 is 20.5 Å². The number of aromatic nitrogens is 4. The highest BCUT2D eigenvalue weighted by Gasteiger charge is 2.52. The van der Waals surface area contributed by atoms with Crippen LogP contribution in [0.4, 0.5) is 10.2 Å². The van der Waals surface area contributed by atoms with Gasteiger partial charge < -0.3 is 4.90 Å². The van der Waals surface area contributed by atoms with Gasteiger partial charge in [-0.2, -0.15) is 5.10 Å². The summed E-state index contributed by atoms with van der Waals surface area (Å²) in [4.78, 5) is 24.8. The van der Waals surface area contributed by atoms with Gasteiger partial charge in [-0.15, -0.1) is 0 Å². The van der Waals surface area contributed by atoms with Gasteiger partial charge in [0.2, 0.25) is 0 Å². The van der Waals surface area contributed by atoms with Crippen LogP contribution >= 0.6 is 0 Å². The molecule has 1 saturated carbocycles. The Bertz CT molecular complexity index is 1720. The second-order valence-corrected chi connectivity index (χ2v) is 12.8. The van der Waals surface area contributed by atoms with Crippen LogP contribution in [0.15, 0.2) is 83.7 Å². The fourth-order valence-electron chi connectivity index (χ4n) is 5.86. The molecule has 6 rings (SSSR count). The Morgan fingerprint density at radius 3 is 2.52 bits per heavy atom. The molecule has 2 atom stereocenters. The van der Waals surface area contributed by atoms with Gasteiger partial charge in [0.15, 0.2) is 15.6 Å². The summed E-state index contributed by atoms with van der Waals surface area (Å²) in [5, 5.41) is 3.78. The molecule has 0 spiro atoms. The lowest BCUT2D eigenvalue weighted by Gasteiger charge is -2.43. The number of Topliss-reactive ketones (excluding diaryl/α,β-unsaturated/α-hetero) is 1. The van der Waals surface area contributed by atoms with Crippen LogP contribution in [-0.2, 0) is 16.3 Å². The maximum atomic E-state index is 14.2. The molecular weight excluding hydrogens is 529 g/mol. The summed E-state index contributed by atoms with van der Waals surface area (Å²) in [5.74, 6) is 0.127. The number of allylic oxidation sites excluding steroid dienone is 1. The van der Waals surface area contributed by atoms with Crippen LogP contribution in [0.25, 0.3) is 11.8 Å². The number of hydrogen-bond donors (Lipinski definition) is 0. The highest BCUT2D eigenvalue weighted by Crippen LogP contribution is 2.51. The molecule has 204 valence electrons. The van der Waals surface area contributed by atoms with Crippen molar-refractivity contribution < 1.29 is 17.6 Å². The first-order valence-corrected chi connectivity index (χ1v) is 14.6. The van der Waals surface area contributed by atoms with Gasteiger partial charge in [-0.1, -0.05) is 11.6 Å². The quantitative estimate of drug-likeness (QED) is 0.317. The van der Waals surface area contributed by atoms with Crippen LogP contribution < -0.4 is 4.90 Å². The Morgan fingerprint density at radius 1 is 1.05 bits per heavy atom. The van der Waals surface area contributed by atoms with Gasteiger partial charge in [-0.05, 0) is 85.9 Å². The van der Waals surface area contributed by atoms with Crippen molar-refractivity contribution in [3.05, 3.63) is 102 Å². The minimum atomic E-state index is -3.77. The normalized spacial score (nSPS) is 20.3. The minimum absolute atomic E-state index is 0.132. The molecule has 0 bridgehead atoms.